The van der Waals surface area contributed by atoms with Crippen LogP contribution in [0.4, 0.5) is 0 Å². The van der Waals surface area contributed by atoms with Gasteiger partial charge in [-0.2, -0.15) is 5.10 Å². The first kappa shape index (κ1) is 13.8. The van der Waals surface area contributed by atoms with Crippen molar-refractivity contribution in [2.45, 2.75) is 83.1 Å². The van der Waals surface area contributed by atoms with Gasteiger partial charge in [-0.1, -0.05) is 40.0 Å². The van der Waals surface area contributed by atoms with Crippen LogP contribution in [0.25, 0.3) is 0 Å². The van der Waals surface area contributed by atoms with E-state index < -0.39 is 0 Å². The first-order valence-electron chi connectivity index (χ1n) is 8.11. The Morgan fingerprint density at radius 1 is 1.10 bits per heavy atom. The lowest BCUT2D eigenvalue weighted by atomic mass is 9.90. The number of hydrogen-bond donors (Lipinski definition) is 0. The molecule has 0 spiro atoms. The molecule has 3 rings (SSSR count). The topological polar surface area (TPSA) is 34.9 Å². The van der Waals surface area contributed by atoms with Crippen LogP contribution in [0.5, 0.6) is 0 Å². The molecule has 0 atom stereocenters. The first-order chi connectivity index (χ1) is 9.47. The zero-order valence-corrected chi connectivity index (χ0v) is 13.0. The smallest absolute Gasteiger partial charge is 0.267 e. The number of rotatable bonds is 2. The van der Waals surface area contributed by atoms with Crippen LogP contribution in [-0.4, -0.2) is 9.78 Å². The minimum Gasteiger partial charge on any atom is -0.267 e. The van der Waals surface area contributed by atoms with Gasteiger partial charge < -0.3 is 0 Å². The fourth-order valence-corrected chi connectivity index (χ4v) is 3.16. The highest BCUT2D eigenvalue weighted by Gasteiger charge is 2.31. The molecule has 3 heteroatoms. The Hall–Kier alpha value is -1.12. The van der Waals surface area contributed by atoms with Gasteiger partial charge in [0.15, 0.2) is 0 Å². The average molecular weight is 274 g/mol. The van der Waals surface area contributed by atoms with E-state index in [1.807, 2.05) is 4.68 Å². The Morgan fingerprint density at radius 3 is 2.30 bits per heavy atom. The molecule has 2 aliphatic carbocycles. The van der Waals surface area contributed by atoms with Crippen molar-refractivity contribution in [1.29, 1.82) is 0 Å². The Bertz CT molecular complexity index is 543. The molecular formula is C17H26N2O. The van der Waals surface area contributed by atoms with Crippen molar-refractivity contribution in [3.63, 3.8) is 0 Å². The van der Waals surface area contributed by atoms with E-state index in [2.05, 4.69) is 26.8 Å². The van der Waals surface area contributed by atoms with Crippen molar-refractivity contribution in [2.24, 2.45) is 0 Å². The van der Waals surface area contributed by atoms with Crippen molar-refractivity contribution < 1.29 is 0 Å². The molecule has 2 fully saturated rings. The summed E-state index contributed by atoms with van der Waals surface area (Å²) in [5.41, 5.74) is 2.29. The van der Waals surface area contributed by atoms with Crippen LogP contribution in [0.1, 0.15) is 88.9 Å². The van der Waals surface area contributed by atoms with Crippen molar-refractivity contribution in [1.82, 2.24) is 9.78 Å². The van der Waals surface area contributed by atoms with Gasteiger partial charge in [0.2, 0.25) is 0 Å². The van der Waals surface area contributed by atoms with E-state index in [1.165, 1.54) is 32.1 Å². The molecule has 20 heavy (non-hydrogen) atoms. The third kappa shape index (κ3) is 2.68. The first-order valence-corrected chi connectivity index (χ1v) is 8.11. The molecule has 0 saturated heterocycles. The predicted molar refractivity (Wildman–Crippen MR) is 81.3 cm³/mol. The Balaban J connectivity index is 2.06. The fraction of sp³-hybridized carbons (Fsp3) is 0.765. The van der Waals surface area contributed by atoms with Gasteiger partial charge in [-0.05, 0) is 37.7 Å². The van der Waals surface area contributed by atoms with Crippen molar-refractivity contribution in [2.75, 3.05) is 0 Å². The van der Waals surface area contributed by atoms with Crippen LogP contribution < -0.4 is 5.56 Å². The monoisotopic (exact) mass is 274 g/mol. The van der Waals surface area contributed by atoms with Crippen LogP contribution in [0.2, 0.25) is 0 Å². The summed E-state index contributed by atoms with van der Waals surface area (Å²) in [5, 5.41) is 4.74. The molecule has 0 N–H and O–H groups in total. The predicted octanol–water partition coefficient (Wildman–Crippen LogP) is 3.92. The minimum absolute atomic E-state index is 0.00770. The van der Waals surface area contributed by atoms with Crippen molar-refractivity contribution in [3.8, 4) is 0 Å². The van der Waals surface area contributed by atoms with Gasteiger partial charge in [0.25, 0.3) is 5.56 Å². The molecule has 0 amide bonds. The van der Waals surface area contributed by atoms with Crippen LogP contribution in [0, 0.1) is 0 Å². The van der Waals surface area contributed by atoms with Gasteiger partial charge >= 0.3 is 0 Å². The highest BCUT2D eigenvalue weighted by molar-refractivity contribution is 5.25. The van der Waals surface area contributed by atoms with E-state index >= 15 is 0 Å². The van der Waals surface area contributed by atoms with Crippen LogP contribution >= 0.6 is 0 Å². The molecule has 0 bridgehead atoms. The van der Waals surface area contributed by atoms with Crippen LogP contribution in [0.3, 0.4) is 0 Å². The zero-order valence-electron chi connectivity index (χ0n) is 13.0. The summed E-state index contributed by atoms with van der Waals surface area (Å²) in [4.78, 5) is 12.7. The summed E-state index contributed by atoms with van der Waals surface area (Å²) < 4.78 is 1.84. The van der Waals surface area contributed by atoms with E-state index in [0.717, 1.165) is 24.1 Å². The van der Waals surface area contributed by atoms with Crippen LogP contribution in [0.15, 0.2) is 10.9 Å². The third-order valence-electron chi connectivity index (χ3n) is 4.67. The molecule has 1 heterocycles. The fourth-order valence-electron chi connectivity index (χ4n) is 3.16. The zero-order chi connectivity index (χ0) is 14.3. The summed E-state index contributed by atoms with van der Waals surface area (Å²) >= 11 is 0. The quantitative estimate of drug-likeness (QED) is 0.819. The molecule has 2 aliphatic rings. The minimum atomic E-state index is 0.00770. The lowest BCUT2D eigenvalue weighted by molar-refractivity contribution is 0.310. The number of nitrogens with zero attached hydrogens (tertiary/aromatic N) is 2. The van der Waals surface area contributed by atoms with Crippen molar-refractivity contribution in [3.05, 3.63) is 27.7 Å². The highest BCUT2D eigenvalue weighted by Crippen LogP contribution is 2.39. The lowest BCUT2D eigenvalue weighted by Gasteiger charge is -2.26. The van der Waals surface area contributed by atoms with Crippen LogP contribution in [-0.2, 0) is 5.41 Å². The average Bonchev–Trinajstić information content (AvgIpc) is 3.23. The SMILES string of the molecule is CC(C)(C)c1cc(C2CC2)c(=O)n(C2CCCCC2)n1. The molecule has 0 unspecified atom stereocenters. The standard InChI is InChI=1S/C17H26N2O/c1-17(2,3)15-11-14(12-9-10-12)16(20)19(18-15)13-7-5-4-6-8-13/h11-13H,4-10H2,1-3H3. The van der Waals surface area contributed by atoms with E-state index in [9.17, 15) is 4.79 Å². The maximum absolute atomic E-state index is 12.7. The van der Waals surface area contributed by atoms with E-state index in [0.29, 0.717) is 12.0 Å². The molecule has 1 aromatic heterocycles. The van der Waals surface area contributed by atoms with E-state index in [1.54, 1.807) is 0 Å². The van der Waals surface area contributed by atoms with Gasteiger partial charge in [0.1, 0.15) is 0 Å². The summed E-state index contributed by atoms with van der Waals surface area (Å²) in [5.74, 6) is 0.501. The molecule has 110 valence electrons. The maximum Gasteiger partial charge on any atom is 0.270 e. The summed E-state index contributed by atoms with van der Waals surface area (Å²) in [7, 11) is 0. The highest BCUT2D eigenvalue weighted by atomic mass is 16.1. The Kier molecular flexibility index (Phi) is 3.47. The Labute approximate surface area is 121 Å². The van der Waals surface area contributed by atoms with Gasteiger partial charge in [0.05, 0.1) is 11.7 Å². The lowest BCUT2D eigenvalue weighted by Crippen LogP contribution is -2.33. The molecule has 0 aliphatic heterocycles. The van der Waals surface area contributed by atoms with Gasteiger partial charge in [-0.25, -0.2) is 4.68 Å². The largest absolute Gasteiger partial charge is 0.270 e. The molecular weight excluding hydrogens is 248 g/mol. The molecule has 2 saturated carbocycles. The number of aromatic nitrogens is 2. The Morgan fingerprint density at radius 2 is 1.75 bits per heavy atom. The molecule has 0 radical (unpaired) electrons. The second-order valence-electron chi connectivity index (χ2n) is 7.55. The van der Waals surface area contributed by atoms with E-state index in [-0.39, 0.29) is 11.0 Å². The molecule has 0 aromatic carbocycles. The molecule has 1 aromatic rings. The van der Waals surface area contributed by atoms with Crippen molar-refractivity contribution >= 4 is 0 Å². The van der Waals surface area contributed by atoms with Gasteiger partial charge in [-0.3, -0.25) is 4.79 Å². The van der Waals surface area contributed by atoms with Gasteiger partial charge in [-0.15, -0.1) is 0 Å². The van der Waals surface area contributed by atoms with E-state index in [4.69, 9.17) is 5.10 Å². The second kappa shape index (κ2) is 5.01. The third-order valence-corrected chi connectivity index (χ3v) is 4.67. The number of hydrogen-bond acceptors (Lipinski definition) is 2. The summed E-state index contributed by atoms with van der Waals surface area (Å²) in [6, 6.07) is 2.41. The summed E-state index contributed by atoms with van der Waals surface area (Å²) in [6.07, 6.45) is 8.35. The second-order valence-corrected chi connectivity index (χ2v) is 7.55. The normalized spacial score (nSPS) is 21.1. The molecule has 3 nitrogen and oxygen atoms in total. The maximum atomic E-state index is 12.7. The summed E-state index contributed by atoms with van der Waals surface area (Å²) in [6.45, 7) is 6.55. The van der Waals surface area contributed by atoms with Gasteiger partial charge in [0, 0.05) is 11.0 Å².